The molecule has 0 aliphatic carbocycles. The van der Waals surface area contributed by atoms with E-state index in [0.29, 0.717) is 5.69 Å². The van der Waals surface area contributed by atoms with Gasteiger partial charge < -0.3 is 15.1 Å². The highest BCUT2D eigenvalue weighted by molar-refractivity contribution is 5.90. The lowest BCUT2D eigenvalue weighted by molar-refractivity contribution is -0.141. The fourth-order valence-corrected chi connectivity index (χ4v) is 2.77. The van der Waals surface area contributed by atoms with Crippen molar-refractivity contribution in [3.63, 3.8) is 0 Å². The van der Waals surface area contributed by atoms with E-state index in [9.17, 15) is 18.0 Å². The Balaban J connectivity index is 1.55. The zero-order valence-corrected chi connectivity index (χ0v) is 14.3. The van der Waals surface area contributed by atoms with E-state index in [2.05, 4.69) is 27.3 Å². The van der Waals surface area contributed by atoms with Crippen molar-refractivity contribution >= 4 is 17.3 Å². The molecule has 2 aromatic rings. The van der Waals surface area contributed by atoms with E-state index in [1.54, 1.807) is 12.1 Å². The molecule has 6 nitrogen and oxygen atoms in total. The number of hydrogen-bond donors (Lipinski definition) is 1. The van der Waals surface area contributed by atoms with Gasteiger partial charge in [0, 0.05) is 43.8 Å². The van der Waals surface area contributed by atoms with Crippen molar-refractivity contribution in [1.29, 1.82) is 0 Å². The Morgan fingerprint density at radius 2 is 1.77 bits per heavy atom. The van der Waals surface area contributed by atoms with Crippen molar-refractivity contribution in [3.05, 3.63) is 42.2 Å². The van der Waals surface area contributed by atoms with Crippen molar-refractivity contribution < 1.29 is 18.0 Å². The minimum absolute atomic E-state index is 0.281. The van der Waals surface area contributed by atoms with Crippen LogP contribution in [-0.2, 0) is 17.5 Å². The molecule has 9 heteroatoms. The molecular weight excluding hydrogens is 347 g/mol. The number of nitrogens with zero attached hydrogens (tertiary/aromatic N) is 4. The Bertz CT molecular complexity index is 749. The average Bonchev–Trinajstić information content (AvgIpc) is 3.05. The number of benzene rings is 1. The Morgan fingerprint density at radius 1 is 1.12 bits per heavy atom. The molecule has 1 fully saturated rings. The molecule has 0 radical (unpaired) electrons. The van der Waals surface area contributed by atoms with Gasteiger partial charge in [0.15, 0.2) is 5.69 Å². The van der Waals surface area contributed by atoms with E-state index in [1.165, 1.54) is 0 Å². The Morgan fingerprint density at radius 3 is 2.35 bits per heavy atom. The SMILES string of the molecule is CN1CCN(c2ccc(NC(=O)Cn3ccc(C(F)(F)F)n3)cc2)CC1. The topological polar surface area (TPSA) is 53.4 Å². The number of carbonyl (C=O) groups excluding carboxylic acids is 1. The monoisotopic (exact) mass is 367 g/mol. The van der Waals surface area contributed by atoms with Crippen molar-refractivity contribution in [2.75, 3.05) is 43.4 Å². The quantitative estimate of drug-likeness (QED) is 0.901. The molecule has 0 spiro atoms. The maximum Gasteiger partial charge on any atom is 0.435 e. The van der Waals surface area contributed by atoms with Crippen LogP contribution in [0.4, 0.5) is 24.5 Å². The summed E-state index contributed by atoms with van der Waals surface area (Å²) in [6.45, 7) is 3.62. The molecule has 1 aliphatic rings. The molecule has 1 aliphatic heterocycles. The number of carbonyl (C=O) groups is 1. The zero-order chi connectivity index (χ0) is 18.7. The molecule has 1 N–H and O–H groups in total. The third-order valence-electron chi connectivity index (χ3n) is 4.26. The molecule has 0 atom stereocenters. The van der Waals surface area contributed by atoms with Crippen LogP contribution in [0, 0.1) is 0 Å². The van der Waals surface area contributed by atoms with E-state index in [0.717, 1.165) is 48.8 Å². The highest BCUT2D eigenvalue weighted by atomic mass is 19.4. The maximum atomic E-state index is 12.5. The first-order valence-corrected chi connectivity index (χ1v) is 8.25. The first-order valence-electron chi connectivity index (χ1n) is 8.25. The first kappa shape index (κ1) is 18.2. The van der Waals surface area contributed by atoms with Gasteiger partial charge in [-0.15, -0.1) is 0 Å². The Hall–Kier alpha value is -2.55. The largest absolute Gasteiger partial charge is 0.435 e. The molecule has 3 rings (SSSR count). The van der Waals surface area contributed by atoms with Crippen LogP contribution in [0.2, 0.25) is 0 Å². The number of hydrogen-bond acceptors (Lipinski definition) is 4. The van der Waals surface area contributed by atoms with Crippen LogP contribution in [0.25, 0.3) is 0 Å². The van der Waals surface area contributed by atoms with Crippen LogP contribution in [-0.4, -0.2) is 53.8 Å². The van der Waals surface area contributed by atoms with Gasteiger partial charge >= 0.3 is 6.18 Å². The smallest absolute Gasteiger partial charge is 0.369 e. The van der Waals surface area contributed by atoms with Crippen molar-refractivity contribution in [1.82, 2.24) is 14.7 Å². The van der Waals surface area contributed by atoms with Gasteiger partial charge in [-0.2, -0.15) is 18.3 Å². The van der Waals surface area contributed by atoms with E-state index in [-0.39, 0.29) is 6.54 Å². The maximum absolute atomic E-state index is 12.5. The van der Waals surface area contributed by atoms with Gasteiger partial charge in [0.1, 0.15) is 6.54 Å². The molecule has 1 saturated heterocycles. The van der Waals surface area contributed by atoms with Crippen LogP contribution in [0.1, 0.15) is 5.69 Å². The highest BCUT2D eigenvalue weighted by Gasteiger charge is 2.33. The molecule has 0 saturated carbocycles. The van der Waals surface area contributed by atoms with Crippen LogP contribution >= 0.6 is 0 Å². The molecule has 1 amide bonds. The number of aromatic nitrogens is 2. The number of rotatable bonds is 4. The highest BCUT2D eigenvalue weighted by Crippen LogP contribution is 2.27. The van der Waals surface area contributed by atoms with Gasteiger partial charge in [-0.05, 0) is 37.4 Å². The van der Waals surface area contributed by atoms with Gasteiger partial charge in [0.2, 0.25) is 5.91 Å². The predicted octanol–water partition coefficient (Wildman–Crippen LogP) is 2.29. The number of alkyl halides is 3. The second-order valence-electron chi connectivity index (χ2n) is 6.28. The molecule has 0 bridgehead atoms. The average molecular weight is 367 g/mol. The lowest BCUT2D eigenvalue weighted by Gasteiger charge is -2.34. The lowest BCUT2D eigenvalue weighted by atomic mass is 10.2. The van der Waals surface area contributed by atoms with E-state index >= 15 is 0 Å². The van der Waals surface area contributed by atoms with Crippen molar-refractivity contribution in [2.45, 2.75) is 12.7 Å². The third kappa shape index (κ3) is 4.54. The molecule has 2 heterocycles. The zero-order valence-electron chi connectivity index (χ0n) is 14.3. The molecule has 1 aromatic heterocycles. The summed E-state index contributed by atoms with van der Waals surface area (Å²) < 4.78 is 38.5. The van der Waals surface area contributed by atoms with Crippen molar-refractivity contribution in [3.8, 4) is 0 Å². The second kappa shape index (κ2) is 7.36. The second-order valence-corrected chi connectivity index (χ2v) is 6.28. The molecule has 140 valence electrons. The van der Waals surface area contributed by atoms with Gasteiger partial charge in [0.25, 0.3) is 0 Å². The fourth-order valence-electron chi connectivity index (χ4n) is 2.77. The van der Waals surface area contributed by atoms with E-state index in [4.69, 9.17) is 0 Å². The third-order valence-corrected chi connectivity index (χ3v) is 4.26. The van der Waals surface area contributed by atoms with Crippen LogP contribution < -0.4 is 10.2 Å². The summed E-state index contributed by atoms with van der Waals surface area (Å²) in [6, 6.07) is 8.27. The normalized spacial score (nSPS) is 15.9. The van der Waals surface area contributed by atoms with E-state index in [1.807, 2.05) is 12.1 Å². The molecular formula is C17H20F3N5O. The summed E-state index contributed by atoms with van der Waals surface area (Å²) in [5.41, 5.74) is 0.663. The number of amides is 1. The van der Waals surface area contributed by atoms with Crippen LogP contribution in [0.3, 0.4) is 0 Å². The van der Waals surface area contributed by atoms with Gasteiger partial charge in [-0.25, -0.2) is 0 Å². The van der Waals surface area contributed by atoms with Crippen molar-refractivity contribution in [2.24, 2.45) is 0 Å². The minimum atomic E-state index is -4.51. The van der Waals surface area contributed by atoms with Crippen LogP contribution in [0.15, 0.2) is 36.5 Å². The molecule has 0 unspecified atom stereocenters. The number of halogens is 3. The summed E-state index contributed by atoms with van der Waals surface area (Å²) in [5, 5.41) is 6.03. The van der Waals surface area contributed by atoms with E-state index < -0.39 is 17.8 Å². The lowest BCUT2D eigenvalue weighted by Crippen LogP contribution is -2.44. The summed E-state index contributed by atoms with van der Waals surface area (Å²) in [4.78, 5) is 16.5. The number of piperazine rings is 1. The molecule has 26 heavy (non-hydrogen) atoms. The number of likely N-dealkylation sites (N-methyl/N-ethyl adjacent to an activating group) is 1. The minimum Gasteiger partial charge on any atom is -0.369 e. The Kier molecular flexibility index (Phi) is 5.17. The predicted molar refractivity (Wildman–Crippen MR) is 92.0 cm³/mol. The van der Waals surface area contributed by atoms with Gasteiger partial charge in [-0.3, -0.25) is 9.48 Å². The summed E-state index contributed by atoms with van der Waals surface area (Å²) in [7, 11) is 2.09. The summed E-state index contributed by atoms with van der Waals surface area (Å²) in [6.07, 6.45) is -3.38. The summed E-state index contributed by atoms with van der Waals surface area (Å²) >= 11 is 0. The standard InChI is InChI=1S/C17H20F3N5O/c1-23-8-10-24(11-9-23)14-4-2-13(3-5-14)21-16(26)12-25-7-6-15(22-25)17(18,19)20/h2-7H,8-12H2,1H3,(H,21,26). The van der Waals surface area contributed by atoms with Gasteiger partial charge in [-0.1, -0.05) is 0 Å². The summed E-state index contributed by atoms with van der Waals surface area (Å²) in [5.74, 6) is -0.436. The number of anilines is 2. The Labute approximate surface area is 149 Å². The fraction of sp³-hybridized carbons (Fsp3) is 0.412. The first-order chi connectivity index (χ1) is 12.3. The van der Waals surface area contributed by atoms with Gasteiger partial charge in [0.05, 0.1) is 0 Å². The number of nitrogens with one attached hydrogen (secondary N) is 1. The molecule has 1 aromatic carbocycles. The van der Waals surface area contributed by atoms with Crippen LogP contribution in [0.5, 0.6) is 0 Å².